The molecule has 3 rings (SSSR count). The third-order valence-electron chi connectivity index (χ3n) is 1.86. The average Bonchev–Trinajstić information content (AvgIpc) is 2.65. The summed E-state index contributed by atoms with van der Waals surface area (Å²) in [6.07, 6.45) is 0. The first-order chi connectivity index (χ1) is 6.74. The van der Waals surface area contributed by atoms with E-state index in [4.69, 9.17) is 0 Å². The summed E-state index contributed by atoms with van der Waals surface area (Å²) in [5, 5.41) is 0. The third-order valence-corrected chi connectivity index (χ3v) is 5.55. The van der Waals surface area contributed by atoms with E-state index < -0.39 is 0 Å². The smallest absolute Gasteiger partial charge is 0.155 e. The van der Waals surface area contributed by atoms with Gasteiger partial charge in [-0.2, -0.15) is 0 Å². The Hall–Kier alpha value is 0.460. The Kier molecular flexibility index (Phi) is 2.41. The molecule has 0 saturated heterocycles. The first kappa shape index (κ1) is 9.67. The number of hydrogen-bond acceptors (Lipinski definition) is 4. The first-order valence-electron chi connectivity index (χ1n) is 3.75. The van der Waals surface area contributed by atoms with E-state index in [1.165, 1.54) is 9.40 Å². The van der Waals surface area contributed by atoms with E-state index in [1.807, 2.05) is 12.1 Å². The normalized spacial score (nSPS) is 11.6. The Balaban J connectivity index is 2.58. The van der Waals surface area contributed by atoms with Crippen molar-refractivity contribution in [1.29, 1.82) is 0 Å². The quantitative estimate of drug-likeness (QED) is 0.488. The average molecular weight is 444 g/mol. The van der Waals surface area contributed by atoms with Crippen LogP contribution in [0, 0.1) is 6.03 Å². The SMILES string of the molecule is Ic1nc2ccc3nc(I)sc3c2s1. The summed E-state index contributed by atoms with van der Waals surface area (Å²) in [4.78, 5) is 8.91. The lowest BCUT2D eigenvalue weighted by molar-refractivity contribution is 1.43. The molecule has 0 bridgehead atoms. The molecule has 0 unspecified atom stereocenters. The molecule has 2 nitrogen and oxygen atoms in total. The highest BCUT2D eigenvalue weighted by Crippen LogP contribution is 2.34. The van der Waals surface area contributed by atoms with E-state index in [-0.39, 0.29) is 0 Å². The first-order valence-corrected chi connectivity index (χ1v) is 7.54. The van der Waals surface area contributed by atoms with Crippen molar-refractivity contribution < 1.29 is 0 Å². The molecule has 70 valence electrons. The van der Waals surface area contributed by atoms with Gasteiger partial charge in [0, 0.05) is 0 Å². The number of fused-ring (bicyclic) bond motifs is 3. The molecule has 0 aliphatic heterocycles. The van der Waals surface area contributed by atoms with Gasteiger partial charge in [0.1, 0.15) is 0 Å². The number of rotatable bonds is 0. The zero-order valence-electron chi connectivity index (χ0n) is 6.62. The second kappa shape index (κ2) is 3.49. The molecule has 2 aromatic heterocycles. The van der Waals surface area contributed by atoms with Crippen LogP contribution in [0.25, 0.3) is 20.4 Å². The van der Waals surface area contributed by atoms with E-state index >= 15 is 0 Å². The van der Waals surface area contributed by atoms with Crippen LogP contribution in [-0.2, 0) is 0 Å². The summed E-state index contributed by atoms with van der Waals surface area (Å²) in [5.74, 6) is 0. The van der Waals surface area contributed by atoms with Gasteiger partial charge in [-0.1, -0.05) is 0 Å². The molecular weight excluding hydrogens is 442 g/mol. The third kappa shape index (κ3) is 1.46. The highest BCUT2D eigenvalue weighted by Gasteiger charge is 2.09. The van der Waals surface area contributed by atoms with Gasteiger partial charge >= 0.3 is 0 Å². The molecule has 2 heterocycles. The van der Waals surface area contributed by atoms with Crippen molar-refractivity contribution in [2.75, 3.05) is 0 Å². The van der Waals surface area contributed by atoms with Crippen molar-refractivity contribution in [3.05, 3.63) is 18.2 Å². The standard InChI is InChI=1S/C8H2I2N2S2/c9-7-11-3-1-2-4-6(5(3)13-7)14-8(10)12-4/h1-2H. The second-order valence-electron chi connectivity index (χ2n) is 2.70. The van der Waals surface area contributed by atoms with E-state index in [1.54, 1.807) is 22.7 Å². The van der Waals surface area contributed by atoms with Gasteiger partial charge in [-0.3, -0.25) is 0 Å². The number of halogens is 2. The summed E-state index contributed by atoms with van der Waals surface area (Å²) in [6, 6.07) is 4.10. The molecule has 0 atom stereocenters. The summed E-state index contributed by atoms with van der Waals surface area (Å²) < 4.78 is 4.72. The van der Waals surface area contributed by atoms with Crippen LogP contribution in [-0.4, -0.2) is 9.97 Å². The Bertz CT molecular complexity index is 573. The van der Waals surface area contributed by atoms with Gasteiger partial charge in [-0.15, -0.1) is 22.7 Å². The molecule has 14 heavy (non-hydrogen) atoms. The molecule has 0 spiro atoms. The number of thiazole rings is 2. The monoisotopic (exact) mass is 444 g/mol. The van der Waals surface area contributed by atoms with Gasteiger partial charge in [-0.05, 0) is 57.3 Å². The van der Waals surface area contributed by atoms with Gasteiger partial charge in [0.05, 0.1) is 20.4 Å². The Morgan fingerprint density at radius 3 is 1.71 bits per heavy atom. The summed E-state index contributed by atoms with van der Waals surface area (Å²) in [6.45, 7) is 0. The highest BCUT2D eigenvalue weighted by atomic mass is 127. The minimum Gasteiger partial charge on any atom is -0.230 e. The molecule has 0 amide bonds. The van der Waals surface area contributed by atoms with Crippen LogP contribution in [0.2, 0.25) is 0 Å². The molecular formula is C8H2I2N2S2. The van der Waals surface area contributed by atoms with Crippen molar-refractivity contribution in [2.45, 2.75) is 0 Å². The number of hydrogen-bond donors (Lipinski definition) is 0. The van der Waals surface area contributed by atoms with Gasteiger partial charge in [-0.25, -0.2) is 9.97 Å². The fourth-order valence-electron chi connectivity index (χ4n) is 1.32. The van der Waals surface area contributed by atoms with E-state index in [0.717, 1.165) is 17.1 Å². The second-order valence-corrected chi connectivity index (χ2v) is 8.20. The Morgan fingerprint density at radius 1 is 0.857 bits per heavy atom. The van der Waals surface area contributed by atoms with Gasteiger partial charge in [0.25, 0.3) is 0 Å². The summed E-state index contributed by atoms with van der Waals surface area (Å²) in [7, 11) is 0. The van der Waals surface area contributed by atoms with Gasteiger partial charge in [0.2, 0.25) is 0 Å². The predicted octanol–water partition coefficient (Wildman–Crippen LogP) is 4.12. The van der Waals surface area contributed by atoms with Crippen LogP contribution in [0.15, 0.2) is 12.1 Å². The van der Waals surface area contributed by atoms with Crippen molar-refractivity contribution in [3.8, 4) is 0 Å². The number of benzene rings is 1. The van der Waals surface area contributed by atoms with Crippen molar-refractivity contribution in [2.24, 2.45) is 0 Å². The topological polar surface area (TPSA) is 25.8 Å². The molecule has 0 aliphatic rings. The molecule has 0 fully saturated rings. The maximum Gasteiger partial charge on any atom is 0.155 e. The molecule has 6 heteroatoms. The minimum absolute atomic E-state index is 1.09. The van der Waals surface area contributed by atoms with Gasteiger partial charge in [0.15, 0.2) is 6.03 Å². The van der Waals surface area contributed by atoms with E-state index in [0.29, 0.717) is 0 Å². The molecule has 0 saturated carbocycles. The van der Waals surface area contributed by atoms with Crippen LogP contribution in [0.4, 0.5) is 0 Å². The molecule has 0 aliphatic carbocycles. The molecule has 0 radical (unpaired) electrons. The molecule has 1 aromatic carbocycles. The highest BCUT2D eigenvalue weighted by molar-refractivity contribution is 14.1. The van der Waals surface area contributed by atoms with Crippen LogP contribution in [0.5, 0.6) is 0 Å². The van der Waals surface area contributed by atoms with Crippen molar-refractivity contribution in [1.82, 2.24) is 9.97 Å². The van der Waals surface area contributed by atoms with Crippen LogP contribution < -0.4 is 0 Å². The minimum atomic E-state index is 1.09. The van der Waals surface area contributed by atoms with Gasteiger partial charge < -0.3 is 0 Å². The Morgan fingerprint density at radius 2 is 1.29 bits per heavy atom. The Labute approximate surface area is 115 Å². The zero-order valence-corrected chi connectivity index (χ0v) is 12.6. The summed E-state index contributed by atoms with van der Waals surface area (Å²) >= 11 is 8.00. The number of aromatic nitrogens is 2. The van der Waals surface area contributed by atoms with Crippen LogP contribution >= 0.6 is 67.9 Å². The van der Waals surface area contributed by atoms with E-state index in [9.17, 15) is 0 Å². The molecule has 0 N–H and O–H groups in total. The lowest BCUT2D eigenvalue weighted by Gasteiger charge is -1.87. The predicted molar refractivity (Wildman–Crippen MR) is 78.2 cm³/mol. The lowest BCUT2D eigenvalue weighted by atomic mass is 10.3. The fourth-order valence-corrected chi connectivity index (χ4v) is 4.87. The zero-order chi connectivity index (χ0) is 9.71. The maximum atomic E-state index is 4.45. The fraction of sp³-hybridized carbons (Fsp3) is 0. The molecule has 3 aromatic rings. The van der Waals surface area contributed by atoms with Crippen molar-refractivity contribution >= 4 is 88.3 Å². The van der Waals surface area contributed by atoms with Crippen molar-refractivity contribution in [3.63, 3.8) is 0 Å². The number of nitrogens with zero attached hydrogens (tertiary/aromatic N) is 2. The lowest BCUT2D eigenvalue weighted by Crippen LogP contribution is -1.69. The maximum absolute atomic E-state index is 4.45. The largest absolute Gasteiger partial charge is 0.230 e. The van der Waals surface area contributed by atoms with E-state index in [2.05, 4.69) is 55.1 Å². The van der Waals surface area contributed by atoms with Crippen LogP contribution in [0.1, 0.15) is 0 Å². The van der Waals surface area contributed by atoms with Crippen LogP contribution in [0.3, 0.4) is 0 Å². The summed E-state index contributed by atoms with van der Waals surface area (Å²) in [5.41, 5.74) is 2.18.